The number of hydrogen-bond donors (Lipinski definition) is 0. The molecule has 0 aliphatic carbocycles. The molecule has 0 radical (unpaired) electrons. The molecule has 1 aromatic rings. The Hall–Kier alpha value is -0.530. The van der Waals surface area contributed by atoms with Gasteiger partial charge in [0.05, 0.1) is 14.1 Å². The van der Waals surface area contributed by atoms with Gasteiger partial charge in [-0.25, -0.2) is 0 Å². The highest BCUT2D eigenvalue weighted by atomic mass is 79.9. The van der Waals surface area contributed by atoms with Crippen LogP contribution in [0.2, 0.25) is 0 Å². The molecule has 2 rings (SSSR count). The number of carbonyl (C=O) groups is 3. The van der Waals surface area contributed by atoms with Gasteiger partial charge in [-0.1, -0.05) is 13.8 Å². The molecule has 1 saturated heterocycles. The van der Waals surface area contributed by atoms with Gasteiger partial charge in [0, 0.05) is 17.4 Å². The van der Waals surface area contributed by atoms with Crippen LogP contribution in [0.5, 0.6) is 0 Å². The van der Waals surface area contributed by atoms with Gasteiger partial charge in [0.25, 0.3) is 0 Å². The van der Waals surface area contributed by atoms with E-state index in [9.17, 15) is 14.4 Å². The highest BCUT2D eigenvalue weighted by molar-refractivity contribution is 9.12. The first kappa shape index (κ1) is 14.9. The van der Waals surface area contributed by atoms with Crippen LogP contribution in [0.15, 0.2) is 13.6 Å². The smallest absolute Gasteiger partial charge is 0.233 e. The molecular weight excluding hydrogens is 398 g/mol. The first-order chi connectivity index (χ1) is 8.82. The molecule has 0 saturated carbocycles. The standard InChI is InChI=1S/C12H11Br2NO3S/c1-5-6(2)12(18)15(11(5)17)4-8(16)7-3-9(13)19-10(7)14/h3,5-6H,4H2,1-2H3. The van der Waals surface area contributed by atoms with Crippen LogP contribution in [0.4, 0.5) is 0 Å². The quantitative estimate of drug-likeness (QED) is 0.570. The Bertz CT molecular complexity index is 549. The van der Waals surface area contributed by atoms with Crippen LogP contribution < -0.4 is 0 Å². The number of likely N-dealkylation sites (tertiary alicyclic amines) is 1. The molecule has 2 unspecified atom stereocenters. The molecule has 0 N–H and O–H groups in total. The van der Waals surface area contributed by atoms with Crippen molar-refractivity contribution < 1.29 is 14.4 Å². The van der Waals surface area contributed by atoms with Gasteiger partial charge < -0.3 is 0 Å². The average Bonchev–Trinajstić information content (AvgIpc) is 2.78. The SMILES string of the molecule is CC1C(=O)N(CC(=O)c2cc(Br)sc2Br)C(=O)C1C. The number of thiophene rings is 1. The fraction of sp³-hybridized carbons (Fsp3) is 0.417. The normalized spacial score (nSPS) is 23.3. The summed E-state index contributed by atoms with van der Waals surface area (Å²) >= 11 is 7.98. The van der Waals surface area contributed by atoms with Crippen molar-refractivity contribution in [2.75, 3.05) is 6.54 Å². The maximum Gasteiger partial charge on any atom is 0.233 e. The van der Waals surface area contributed by atoms with E-state index in [1.807, 2.05) is 0 Å². The monoisotopic (exact) mass is 407 g/mol. The maximum absolute atomic E-state index is 12.1. The third-order valence-corrected chi connectivity index (χ3v) is 5.66. The zero-order chi connectivity index (χ0) is 14.3. The number of hydrogen-bond acceptors (Lipinski definition) is 4. The molecule has 1 aromatic heterocycles. The van der Waals surface area contributed by atoms with E-state index in [0.717, 1.165) is 8.69 Å². The molecule has 4 nitrogen and oxygen atoms in total. The van der Waals surface area contributed by atoms with Gasteiger partial charge in [0.1, 0.15) is 0 Å². The predicted molar refractivity (Wildman–Crippen MR) is 79.1 cm³/mol. The molecule has 1 aliphatic heterocycles. The molecule has 102 valence electrons. The minimum Gasteiger partial charge on any atom is -0.292 e. The van der Waals surface area contributed by atoms with E-state index in [4.69, 9.17) is 0 Å². The summed E-state index contributed by atoms with van der Waals surface area (Å²) in [6.45, 7) is 3.24. The third-order valence-electron chi connectivity index (χ3n) is 3.32. The first-order valence-corrected chi connectivity index (χ1v) is 8.06. The minimum atomic E-state index is -0.349. The lowest BCUT2D eigenvalue weighted by Crippen LogP contribution is -2.35. The van der Waals surface area contributed by atoms with Gasteiger partial charge in [-0.3, -0.25) is 19.3 Å². The largest absolute Gasteiger partial charge is 0.292 e. The van der Waals surface area contributed by atoms with Crippen LogP contribution in [0.1, 0.15) is 24.2 Å². The second kappa shape index (κ2) is 5.46. The van der Waals surface area contributed by atoms with Crippen molar-refractivity contribution in [3.63, 3.8) is 0 Å². The molecule has 2 atom stereocenters. The second-order valence-corrected chi connectivity index (χ2v) is 8.25. The van der Waals surface area contributed by atoms with Crippen LogP contribution in [-0.2, 0) is 9.59 Å². The van der Waals surface area contributed by atoms with Crippen molar-refractivity contribution in [1.82, 2.24) is 4.90 Å². The first-order valence-electron chi connectivity index (χ1n) is 5.66. The van der Waals surface area contributed by atoms with Crippen LogP contribution in [0.3, 0.4) is 0 Å². The third kappa shape index (κ3) is 2.68. The molecule has 7 heteroatoms. The number of ketones is 1. The Morgan fingerprint density at radius 3 is 2.21 bits per heavy atom. The molecule has 2 amide bonds. The van der Waals surface area contributed by atoms with E-state index in [2.05, 4.69) is 31.9 Å². The Labute approximate surface area is 131 Å². The number of rotatable bonds is 3. The van der Waals surface area contributed by atoms with Gasteiger partial charge in [-0.2, -0.15) is 0 Å². The van der Waals surface area contributed by atoms with Crippen molar-refractivity contribution >= 4 is 60.8 Å². The van der Waals surface area contributed by atoms with E-state index in [1.165, 1.54) is 11.3 Å². The highest BCUT2D eigenvalue weighted by Gasteiger charge is 2.43. The van der Waals surface area contributed by atoms with Gasteiger partial charge in [-0.05, 0) is 37.9 Å². The fourth-order valence-corrected chi connectivity index (χ4v) is 4.80. The van der Waals surface area contributed by atoms with Crippen LogP contribution in [0.25, 0.3) is 0 Å². The Kier molecular flexibility index (Phi) is 4.27. The summed E-state index contributed by atoms with van der Waals surface area (Å²) in [5.41, 5.74) is 0.490. The maximum atomic E-state index is 12.1. The summed E-state index contributed by atoms with van der Waals surface area (Å²) in [7, 11) is 0. The lowest BCUT2D eigenvalue weighted by molar-refractivity contribution is -0.139. The lowest BCUT2D eigenvalue weighted by atomic mass is 10.00. The minimum absolute atomic E-state index is 0.186. The summed E-state index contributed by atoms with van der Waals surface area (Å²) in [5, 5.41) is 0. The molecule has 1 fully saturated rings. The van der Waals surface area contributed by atoms with Gasteiger partial charge in [-0.15, -0.1) is 11.3 Å². The number of Topliss-reactive ketones (excluding diaryl/α,β-unsaturated/α-hetero) is 1. The number of carbonyl (C=O) groups excluding carboxylic acids is 3. The summed E-state index contributed by atoms with van der Waals surface area (Å²) < 4.78 is 1.52. The summed E-state index contributed by atoms with van der Waals surface area (Å²) in [4.78, 5) is 37.0. The van der Waals surface area contributed by atoms with Crippen molar-refractivity contribution in [2.45, 2.75) is 13.8 Å². The number of amides is 2. The van der Waals surface area contributed by atoms with E-state index in [-0.39, 0.29) is 36.0 Å². The number of imide groups is 1. The Morgan fingerprint density at radius 1 is 1.26 bits per heavy atom. The number of halogens is 2. The topological polar surface area (TPSA) is 54.5 Å². The molecular formula is C12H11Br2NO3S. The van der Waals surface area contributed by atoms with Gasteiger partial charge in [0.2, 0.25) is 11.8 Å². The molecule has 0 bridgehead atoms. The van der Waals surface area contributed by atoms with E-state index in [0.29, 0.717) is 9.35 Å². The summed E-state index contributed by atoms with van der Waals surface area (Å²) in [5.74, 6) is -1.47. The van der Waals surface area contributed by atoms with Crippen LogP contribution in [-0.4, -0.2) is 29.0 Å². The second-order valence-electron chi connectivity index (χ2n) is 4.50. The highest BCUT2D eigenvalue weighted by Crippen LogP contribution is 2.33. The summed E-state index contributed by atoms with van der Waals surface area (Å²) in [6, 6.07) is 1.69. The molecule has 2 heterocycles. The molecule has 1 aliphatic rings. The van der Waals surface area contributed by atoms with Crippen molar-refractivity contribution in [1.29, 1.82) is 0 Å². The lowest BCUT2D eigenvalue weighted by Gasteiger charge is -2.13. The van der Waals surface area contributed by atoms with Crippen LogP contribution in [0, 0.1) is 11.8 Å². The van der Waals surface area contributed by atoms with Crippen molar-refractivity contribution in [3.8, 4) is 0 Å². The zero-order valence-electron chi connectivity index (χ0n) is 10.3. The van der Waals surface area contributed by atoms with Crippen molar-refractivity contribution in [3.05, 3.63) is 19.2 Å². The number of nitrogens with zero attached hydrogens (tertiary/aromatic N) is 1. The van der Waals surface area contributed by atoms with E-state index >= 15 is 0 Å². The molecule has 0 spiro atoms. The fourth-order valence-electron chi connectivity index (χ4n) is 1.94. The van der Waals surface area contributed by atoms with Gasteiger partial charge in [0.15, 0.2) is 5.78 Å². The zero-order valence-corrected chi connectivity index (χ0v) is 14.3. The molecule has 19 heavy (non-hydrogen) atoms. The summed E-state index contributed by atoms with van der Waals surface area (Å²) in [6.07, 6.45) is 0. The van der Waals surface area contributed by atoms with Crippen molar-refractivity contribution in [2.24, 2.45) is 11.8 Å². The predicted octanol–water partition coefficient (Wildman–Crippen LogP) is 3.10. The Balaban J connectivity index is 2.18. The van der Waals surface area contributed by atoms with E-state index in [1.54, 1.807) is 19.9 Å². The average molecular weight is 409 g/mol. The molecule has 0 aromatic carbocycles. The van der Waals surface area contributed by atoms with Crippen LogP contribution >= 0.6 is 43.2 Å². The van der Waals surface area contributed by atoms with Gasteiger partial charge >= 0.3 is 0 Å². The van der Waals surface area contributed by atoms with E-state index < -0.39 is 0 Å². The Morgan fingerprint density at radius 2 is 1.79 bits per heavy atom.